The van der Waals surface area contributed by atoms with Gasteiger partial charge in [-0.2, -0.15) is 0 Å². The van der Waals surface area contributed by atoms with Crippen LogP contribution in [0.1, 0.15) is 6.92 Å². The molecule has 0 nitrogen and oxygen atoms in total. The third-order valence-electron chi connectivity index (χ3n) is 0.309. The summed E-state index contributed by atoms with van der Waals surface area (Å²) in [6.45, 7) is 2.19. The molecule has 0 saturated carbocycles. The fraction of sp³-hybridized carbons (Fsp3) is 1.00. The Morgan fingerprint density at radius 1 is 1.60 bits per heavy atom. The van der Waals surface area contributed by atoms with Gasteiger partial charge < -0.3 is 0 Å². The predicted molar refractivity (Wildman–Crippen MR) is 34.1 cm³/mol. The molecule has 0 aromatic carbocycles. The van der Waals surface area contributed by atoms with E-state index in [1.807, 2.05) is 0 Å². The maximum absolute atomic E-state index is 3.48. The van der Waals surface area contributed by atoms with Gasteiger partial charge in [-0.05, 0) is 0 Å². The van der Waals surface area contributed by atoms with Gasteiger partial charge in [-0.15, -0.1) is 0 Å². The van der Waals surface area contributed by atoms with Gasteiger partial charge in [-0.3, -0.25) is 0 Å². The van der Waals surface area contributed by atoms with Gasteiger partial charge in [-0.25, -0.2) is 0 Å². The van der Waals surface area contributed by atoms with Crippen molar-refractivity contribution in [1.82, 2.24) is 0 Å². The first-order valence-corrected chi connectivity index (χ1v) is 14.6. The zero-order valence-electron chi connectivity index (χ0n) is 3.04. The summed E-state index contributed by atoms with van der Waals surface area (Å²) < 4.78 is 0. The predicted octanol–water partition coefficient (Wildman–Crippen LogP) is 2.28. The molecule has 0 bridgehead atoms. The zero-order valence-corrected chi connectivity index (χ0v) is 8.64. The van der Waals surface area contributed by atoms with Crippen molar-refractivity contribution in [3.05, 3.63) is 0 Å². The van der Waals surface area contributed by atoms with Crippen LogP contribution in [0.4, 0.5) is 0 Å². The average Bonchev–Trinajstić information content (AvgIpc) is 1.38. The van der Waals surface area contributed by atoms with Crippen molar-refractivity contribution >= 4 is 39.4 Å². The van der Waals surface area contributed by atoms with E-state index in [9.17, 15) is 0 Å². The van der Waals surface area contributed by atoms with Gasteiger partial charge in [0.25, 0.3) is 0 Å². The molecular weight excluding hydrogens is 254 g/mol. The molecule has 0 unspecified atom stereocenters. The summed E-state index contributed by atoms with van der Waals surface area (Å²) in [5.74, 6) is 0. The van der Waals surface area contributed by atoms with Crippen molar-refractivity contribution in [2.75, 3.05) is 0 Å². The van der Waals surface area contributed by atoms with Crippen LogP contribution in [-0.2, 0) is 0 Å². The second kappa shape index (κ2) is 3.78. The van der Waals surface area contributed by atoms with E-state index in [1.54, 1.807) is 0 Å². The van der Waals surface area contributed by atoms with Crippen LogP contribution in [-0.4, -0.2) is 12.3 Å². The Labute approximate surface area is 51.0 Å². The van der Waals surface area contributed by atoms with E-state index in [-0.39, 0.29) is 0 Å². The molecule has 0 aliphatic heterocycles. The van der Waals surface area contributed by atoms with Gasteiger partial charge in [0.2, 0.25) is 0 Å². The average molecular weight is 259 g/mol. The first-order valence-electron chi connectivity index (χ1n) is 1.55. The van der Waals surface area contributed by atoms with Gasteiger partial charge in [0.15, 0.2) is 0 Å². The van der Waals surface area contributed by atoms with Crippen LogP contribution in [0.2, 0.25) is 4.98 Å². The van der Waals surface area contributed by atoms with Crippen molar-refractivity contribution < 1.29 is 0 Å². The SMILES string of the molecule is C[CH2][Ga]([Br])[Br]. The molecule has 5 heavy (non-hydrogen) atoms. The quantitative estimate of drug-likeness (QED) is 0.633. The van der Waals surface area contributed by atoms with Crippen LogP contribution in [0.15, 0.2) is 0 Å². The van der Waals surface area contributed by atoms with Crippen LogP contribution in [0, 0.1) is 0 Å². The Balaban J connectivity index is 2.54. The summed E-state index contributed by atoms with van der Waals surface area (Å²) in [5.41, 5.74) is 0. The molecule has 0 atom stereocenters. The molecule has 0 aliphatic carbocycles. The number of hydrogen-bond acceptors (Lipinski definition) is 0. The fourth-order valence-electron chi connectivity index (χ4n) is 0. The molecule has 0 fully saturated rings. The molecule has 0 heterocycles. The van der Waals surface area contributed by atoms with Gasteiger partial charge in [0.05, 0.1) is 0 Å². The van der Waals surface area contributed by atoms with E-state index in [0.717, 1.165) is 0 Å². The third kappa shape index (κ3) is 5.60. The van der Waals surface area contributed by atoms with Crippen molar-refractivity contribution in [2.24, 2.45) is 0 Å². The van der Waals surface area contributed by atoms with Crippen LogP contribution in [0.25, 0.3) is 0 Å². The second-order valence-electron chi connectivity index (χ2n) is 0.799. The second-order valence-corrected chi connectivity index (χ2v) is 22.0. The van der Waals surface area contributed by atoms with Gasteiger partial charge in [-0.1, -0.05) is 0 Å². The Morgan fingerprint density at radius 3 is 1.80 bits per heavy atom. The minimum absolute atomic E-state index is 0.887. The molecule has 0 aromatic heterocycles. The monoisotopic (exact) mass is 256 g/mol. The third-order valence-corrected chi connectivity index (χ3v) is 8.33. The van der Waals surface area contributed by atoms with E-state index in [4.69, 9.17) is 0 Å². The van der Waals surface area contributed by atoms with E-state index in [2.05, 4.69) is 34.0 Å². The van der Waals surface area contributed by atoms with Gasteiger partial charge >= 0.3 is 51.3 Å². The summed E-state index contributed by atoms with van der Waals surface area (Å²) in [6.07, 6.45) is 0. The fourth-order valence-corrected chi connectivity index (χ4v) is 0. The van der Waals surface area contributed by atoms with Crippen molar-refractivity contribution in [2.45, 2.75) is 11.9 Å². The summed E-state index contributed by atoms with van der Waals surface area (Å²) >= 11 is 6.07. The first-order chi connectivity index (χ1) is 2.27. The molecule has 0 radical (unpaired) electrons. The number of rotatable bonds is 1. The maximum atomic E-state index is 3.48. The van der Waals surface area contributed by atoms with Crippen molar-refractivity contribution in [3.63, 3.8) is 0 Å². The van der Waals surface area contributed by atoms with Crippen LogP contribution in [0.5, 0.6) is 0 Å². The van der Waals surface area contributed by atoms with E-state index >= 15 is 0 Å². The molecule has 0 aromatic rings. The molecule has 0 amide bonds. The van der Waals surface area contributed by atoms with Crippen LogP contribution >= 0.6 is 27.1 Å². The Hall–Kier alpha value is 1.60. The molecule has 0 saturated heterocycles. The Kier molecular flexibility index (Phi) is 4.98. The summed E-state index contributed by atoms with van der Waals surface area (Å²) in [7, 11) is 0. The van der Waals surface area contributed by atoms with Crippen LogP contribution < -0.4 is 0 Å². The molecule has 30 valence electrons. The summed E-state index contributed by atoms with van der Waals surface area (Å²) in [6, 6.07) is 0. The normalized spacial score (nSPS) is 7.80. The van der Waals surface area contributed by atoms with Gasteiger partial charge in [0.1, 0.15) is 0 Å². The standard InChI is InChI=1S/C2H5.2BrH.Ga/c1-2;;;/h1H2,2H3;2*1H;/q;;;+2/p-2. The molecule has 0 aliphatic rings. The van der Waals surface area contributed by atoms with Crippen LogP contribution in [0.3, 0.4) is 0 Å². The zero-order chi connectivity index (χ0) is 4.28. The van der Waals surface area contributed by atoms with Crippen molar-refractivity contribution in [3.8, 4) is 0 Å². The topological polar surface area (TPSA) is 0 Å². The van der Waals surface area contributed by atoms with E-state index < -0.39 is 12.3 Å². The summed E-state index contributed by atoms with van der Waals surface area (Å²) in [5, 5.41) is 0. The van der Waals surface area contributed by atoms with E-state index in [0.29, 0.717) is 0 Å². The number of hydrogen-bond donors (Lipinski definition) is 0. The molecule has 3 heteroatoms. The molecular formula is C2H5Br2Ga. The summed E-state index contributed by atoms with van der Waals surface area (Å²) in [4.78, 5) is 1.33. The molecule has 0 rings (SSSR count). The van der Waals surface area contributed by atoms with Crippen molar-refractivity contribution in [1.29, 1.82) is 0 Å². The Morgan fingerprint density at radius 2 is 1.80 bits per heavy atom. The first kappa shape index (κ1) is 6.60. The van der Waals surface area contributed by atoms with Gasteiger partial charge in [0, 0.05) is 0 Å². The molecule has 0 spiro atoms. The van der Waals surface area contributed by atoms with E-state index in [1.165, 1.54) is 4.98 Å². The number of halogens is 2. The minimum atomic E-state index is -0.887. The Bertz CT molecular complexity index is 21.6. The molecule has 0 N–H and O–H groups in total.